The van der Waals surface area contributed by atoms with E-state index in [0.29, 0.717) is 0 Å². The van der Waals surface area contributed by atoms with Crippen LogP contribution in [0.4, 0.5) is 0 Å². The Morgan fingerprint density at radius 1 is 1.22 bits per heavy atom. The smallest absolute Gasteiger partial charge is 0.119 e. The summed E-state index contributed by atoms with van der Waals surface area (Å²) >= 11 is 1.90. The monoisotopic (exact) mass is 267 g/mol. The molecule has 0 aliphatic carbocycles. The molecule has 3 heteroatoms. The third-order valence-corrected chi connectivity index (χ3v) is 4.18. The summed E-state index contributed by atoms with van der Waals surface area (Å²) in [6.45, 7) is 9.13. The highest BCUT2D eigenvalue weighted by atomic mass is 32.2. The molecule has 2 nitrogen and oxygen atoms in total. The number of benzene rings is 1. The van der Waals surface area contributed by atoms with Crippen molar-refractivity contribution in [1.82, 2.24) is 0 Å². The van der Waals surface area contributed by atoms with E-state index in [0.717, 1.165) is 30.3 Å². The van der Waals surface area contributed by atoms with E-state index in [2.05, 4.69) is 39.8 Å². The van der Waals surface area contributed by atoms with Gasteiger partial charge in [0.25, 0.3) is 0 Å². The lowest BCUT2D eigenvalue weighted by Crippen LogP contribution is -2.34. The van der Waals surface area contributed by atoms with Crippen molar-refractivity contribution < 1.29 is 4.74 Å². The summed E-state index contributed by atoms with van der Waals surface area (Å²) in [5, 5.41) is 0. The van der Waals surface area contributed by atoms with E-state index in [1.807, 2.05) is 17.8 Å². The third kappa shape index (κ3) is 6.31. The summed E-state index contributed by atoms with van der Waals surface area (Å²) in [5.74, 6) is 3.07. The van der Waals surface area contributed by atoms with Crippen molar-refractivity contribution in [3.05, 3.63) is 29.3 Å². The summed E-state index contributed by atoms with van der Waals surface area (Å²) in [7, 11) is 0. The first-order chi connectivity index (χ1) is 8.38. The van der Waals surface area contributed by atoms with Gasteiger partial charge in [-0.25, -0.2) is 0 Å². The molecule has 0 bridgehead atoms. The van der Waals surface area contributed by atoms with Crippen LogP contribution in [-0.4, -0.2) is 23.7 Å². The minimum atomic E-state index is -0.0698. The second-order valence-electron chi connectivity index (χ2n) is 5.49. The number of aryl methyl sites for hydroxylation is 2. The van der Waals surface area contributed by atoms with Crippen LogP contribution in [0.1, 0.15) is 31.4 Å². The molecule has 1 rings (SSSR count). The number of hydrogen-bond acceptors (Lipinski definition) is 3. The first kappa shape index (κ1) is 15.4. The van der Waals surface area contributed by atoms with Gasteiger partial charge in [-0.3, -0.25) is 0 Å². The predicted octanol–water partition coefficient (Wildman–Crippen LogP) is 3.54. The molecule has 0 saturated carbocycles. The van der Waals surface area contributed by atoms with Gasteiger partial charge in [0.2, 0.25) is 0 Å². The van der Waals surface area contributed by atoms with Crippen LogP contribution in [0.3, 0.4) is 0 Å². The van der Waals surface area contributed by atoms with Crippen LogP contribution in [0.15, 0.2) is 18.2 Å². The highest BCUT2D eigenvalue weighted by Gasteiger charge is 2.09. The summed E-state index contributed by atoms with van der Waals surface area (Å²) in [6, 6.07) is 6.25. The van der Waals surface area contributed by atoms with Gasteiger partial charge >= 0.3 is 0 Å². The van der Waals surface area contributed by atoms with Gasteiger partial charge in [0, 0.05) is 11.3 Å². The van der Waals surface area contributed by atoms with Crippen LogP contribution < -0.4 is 10.5 Å². The Kier molecular flexibility index (Phi) is 6.03. The zero-order valence-corrected chi connectivity index (χ0v) is 12.8. The van der Waals surface area contributed by atoms with Crippen LogP contribution in [0.25, 0.3) is 0 Å². The van der Waals surface area contributed by atoms with E-state index < -0.39 is 0 Å². The minimum Gasteiger partial charge on any atom is -0.494 e. The van der Waals surface area contributed by atoms with Gasteiger partial charge in [0.1, 0.15) is 5.75 Å². The minimum absolute atomic E-state index is 0.0698. The number of ether oxygens (including phenoxy) is 1. The van der Waals surface area contributed by atoms with E-state index in [9.17, 15) is 0 Å². The fourth-order valence-electron chi connectivity index (χ4n) is 1.49. The van der Waals surface area contributed by atoms with Crippen molar-refractivity contribution in [3.63, 3.8) is 0 Å². The lowest BCUT2D eigenvalue weighted by atomic mass is 10.1. The molecule has 0 amide bonds. The summed E-state index contributed by atoms with van der Waals surface area (Å²) < 4.78 is 5.73. The predicted molar refractivity (Wildman–Crippen MR) is 81.6 cm³/mol. The fraction of sp³-hybridized carbons (Fsp3) is 0.600. The first-order valence-electron chi connectivity index (χ1n) is 6.45. The molecule has 1 aromatic carbocycles. The largest absolute Gasteiger partial charge is 0.494 e. The van der Waals surface area contributed by atoms with Crippen molar-refractivity contribution in [2.45, 2.75) is 39.7 Å². The van der Waals surface area contributed by atoms with Crippen molar-refractivity contribution in [3.8, 4) is 5.75 Å². The standard InChI is InChI=1S/C15H25NOS/c1-12-6-7-14(10-13(12)2)17-8-5-9-18-11-15(3,4)16/h6-7,10H,5,8-9,11,16H2,1-4H3. The van der Waals surface area contributed by atoms with Crippen LogP contribution in [0, 0.1) is 13.8 Å². The van der Waals surface area contributed by atoms with Crippen molar-refractivity contribution in [2.75, 3.05) is 18.1 Å². The lowest BCUT2D eigenvalue weighted by molar-refractivity contribution is 0.318. The topological polar surface area (TPSA) is 35.2 Å². The van der Waals surface area contributed by atoms with Crippen molar-refractivity contribution >= 4 is 11.8 Å². The highest BCUT2D eigenvalue weighted by molar-refractivity contribution is 7.99. The van der Waals surface area contributed by atoms with Crippen LogP contribution in [0.5, 0.6) is 5.75 Å². The summed E-state index contributed by atoms with van der Waals surface area (Å²) in [5.41, 5.74) is 8.44. The number of nitrogens with two attached hydrogens (primary N) is 1. The van der Waals surface area contributed by atoms with Crippen LogP contribution >= 0.6 is 11.8 Å². The molecule has 0 atom stereocenters. The SMILES string of the molecule is Cc1ccc(OCCCSCC(C)(C)N)cc1C. The van der Waals surface area contributed by atoms with E-state index in [1.54, 1.807) is 0 Å². The second-order valence-corrected chi connectivity index (χ2v) is 6.59. The molecule has 0 aliphatic rings. The molecule has 2 N–H and O–H groups in total. The second kappa shape index (κ2) is 7.05. The van der Waals surface area contributed by atoms with Crippen LogP contribution in [0.2, 0.25) is 0 Å². The van der Waals surface area contributed by atoms with Gasteiger partial charge in [-0.2, -0.15) is 11.8 Å². The molecule has 1 aromatic rings. The van der Waals surface area contributed by atoms with Gasteiger partial charge in [0.05, 0.1) is 6.61 Å². The zero-order chi connectivity index (χ0) is 13.6. The Hall–Kier alpha value is -0.670. The lowest BCUT2D eigenvalue weighted by Gasteiger charge is -2.17. The Balaban J connectivity index is 2.16. The Labute approximate surface area is 115 Å². The average molecular weight is 267 g/mol. The van der Waals surface area contributed by atoms with Crippen molar-refractivity contribution in [1.29, 1.82) is 0 Å². The summed E-state index contributed by atoms with van der Waals surface area (Å²) in [6.07, 6.45) is 1.06. The average Bonchev–Trinajstić information content (AvgIpc) is 2.26. The Morgan fingerprint density at radius 2 is 1.94 bits per heavy atom. The molecule has 0 unspecified atom stereocenters. The third-order valence-electron chi connectivity index (χ3n) is 2.65. The van der Waals surface area contributed by atoms with Gasteiger partial charge in [-0.15, -0.1) is 0 Å². The Bertz CT molecular complexity index is 371. The Morgan fingerprint density at radius 3 is 2.56 bits per heavy atom. The van der Waals surface area contributed by atoms with E-state index in [-0.39, 0.29) is 5.54 Å². The van der Waals surface area contributed by atoms with Gasteiger partial charge in [-0.05, 0) is 63.1 Å². The molecule has 0 saturated heterocycles. The molecule has 18 heavy (non-hydrogen) atoms. The zero-order valence-electron chi connectivity index (χ0n) is 12.0. The molecular weight excluding hydrogens is 242 g/mol. The molecule has 0 fully saturated rings. The molecule has 0 spiro atoms. The number of rotatable bonds is 7. The molecule has 0 aliphatic heterocycles. The van der Waals surface area contributed by atoms with Gasteiger partial charge in [-0.1, -0.05) is 6.07 Å². The van der Waals surface area contributed by atoms with Gasteiger partial charge < -0.3 is 10.5 Å². The maximum atomic E-state index is 5.92. The number of thioether (sulfide) groups is 1. The summed E-state index contributed by atoms with van der Waals surface area (Å²) in [4.78, 5) is 0. The molecule has 102 valence electrons. The molecule has 0 heterocycles. The van der Waals surface area contributed by atoms with Gasteiger partial charge in [0.15, 0.2) is 0 Å². The maximum Gasteiger partial charge on any atom is 0.119 e. The molecule has 0 radical (unpaired) electrons. The first-order valence-corrected chi connectivity index (χ1v) is 7.61. The van der Waals surface area contributed by atoms with E-state index in [1.165, 1.54) is 11.1 Å². The quantitative estimate of drug-likeness (QED) is 0.767. The highest BCUT2D eigenvalue weighted by Crippen LogP contribution is 2.17. The maximum absolute atomic E-state index is 5.92. The normalized spacial score (nSPS) is 11.6. The van der Waals surface area contributed by atoms with E-state index in [4.69, 9.17) is 10.5 Å². The molecular formula is C15H25NOS. The van der Waals surface area contributed by atoms with Crippen LogP contribution in [-0.2, 0) is 0 Å². The fourth-order valence-corrected chi connectivity index (χ4v) is 2.48. The van der Waals surface area contributed by atoms with E-state index >= 15 is 0 Å². The van der Waals surface area contributed by atoms with Crippen molar-refractivity contribution in [2.24, 2.45) is 5.73 Å². The molecule has 0 aromatic heterocycles. The number of hydrogen-bond donors (Lipinski definition) is 1.